The second-order valence-corrected chi connectivity index (χ2v) is 6.73. The van der Waals surface area contributed by atoms with Crippen molar-refractivity contribution < 1.29 is 4.79 Å². The minimum Gasteiger partial charge on any atom is -0.358 e. The average Bonchev–Trinajstić information content (AvgIpc) is 2.64. The fourth-order valence-electron chi connectivity index (χ4n) is 2.53. The van der Waals surface area contributed by atoms with Crippen LogP contribution in [0, 0.1) is 0 Å². The van der Waals surface area contributed by atoms with Crippen molar-refractivity contribution in [3.8, 4) is 0 Å². The monoisotopic (exact) mass is 286 g/mol. The van der Waals surface area contributed by atoms with Crippen molar-refractivity contribution in [2.45, 2.75) is 38.5 Å². The molecule has 0 aliphatic carbocycles. The first-order chi connectivity index (χ1) is 8.77. The van der Waals surface area contributed by atoms with Gasteiger partial charge in [-0.3, -0.25) is 4.79 Å². The molecule has 3 nitrogen and oxygen atoms in total. The summed E-state index contributed by atoms with van der Waals surface area (Å²) in [5.74, 6) is 1.26. The highest BCUT2D eigenvalue weighted by atomic mass is 32.2. The number of nitrogens with zero attached hydrogens (tertiary/aromatic N) is 2. The molecule has 2 aliphatic rings. The van der Waals surface area contributed by atoms with Crippen LogP contribution in [0.1, 0.15) is 38.5 Å². The van der Waals surface area contributed by atoms with E-state index in [9.17, 15) is 4.79 Å². The number of hydrogen-bond donors (Lipinski definition) is 0. The van der Waals surface area contributed by atoms with Crippen LogP contribution in [-0.2, 0) is 4.79 Å². The van der Waals surface area contributed by atoms with Crippen molar-refractivity contribution >= 4 is 34.2 Å². The van der Waals surface area contributed by atoms with Crippen molar-refractivity contribution in [3.63, 3.8) is 0 Å². The summed E-state index contributed by atoms with van der Waals surface area (Å²) in [6.07, 6.45) is 6.98. The van der Waals surface area contributed by atoms with Gasteiger partial charge in [0, 0.05) is 38.4 Å². The van der Waals surface area contributed by atoms with Gasteiger partial charge in [-0.05, 0) is 19.3 Å². The van der Waals surface area contributed by atoms with E-state index in [1.165, 1.54) is 25.7 Å². The predicted molar refractivity (Wildman–Crippen MR) is 80.9 cm³/mol. The van der Waals surface area contributed by atoms with E-state index in [0.717, 1.165) is 49.1 Å². The summed E-state index contributed by atoms with van der Waals surface area (Å²) >= 11 is 7.23. The number of likely N-dealkylation sites (tertiary alicyclic amines) is 2. The fourth-order valence-corrected chi connectivity index (χ4v) is 3.81. The average molecular weight is 286 g/mol. The summed E-state index contributed by atoms with van der Waals surface area (Å²) in [7, 11) is 0. The van der Waals surface area contributed by atoms with E-state index in [1.54, 1.807) is 11.8 Å². The molecule has 0 aromatic rings. The standard InChI is InChI=1S/C13H22N2OS2/c16-12-6-5-9-14(12)10-11-18-13(17)15-7-3-1-2-4-8-15/h1-11H2. The SMILES string of the molecule is O=C1CCCN1CCSC(=S)N1CCCCCC1. The normalized spacial score (nSPS) is 21.2. The molecule has 2 rings (SSSR count). The maximum atomic E-state index is 11.5. The third-order valence-electron chi connectivity index (χ3n) is 3.62. The van der Waals surface area contributed by atoms with Gasteiger partial charge in [0.2, 0.25) is 5.91 Å². The minimum absolute atomic E-state index is 0.316. The highest BCUT2D eigenvalue weighted by molar-refractivity contribution is 8.22. The summed E-state index contributed by atoms with van der Waals surface area (Å²) in [6.45, 7) is 4.04. The summed E-state index contributed by atoms with van der Waals surface area (Å²) in [5.41, 5.74) is 0. The molecule has 0 aromatic heterocycles. The Morgan fingerprint density at radius 3 is 2.44 bits per heavy atom. The Hall–Kier alpha value is -0.290. The Morgan fingerprint density at radius 1 is 1.11 bits per heavy atom. The van der Waals surface area contributed by atoms with Gasteiger partial charge in [0.15, 0.2) is 0 Å². The number of thiocarbonyl (C=S) groups is 1. The molecule has 0 radical (unpaired) electrons. The molecular weight excluding hydrogens is 264 g/mol. The zero-order valence-electron chi connectivity index (χ0n) is 10.9. The van der Waals surface area contributed by atoms with Gasteiger partial charge in [0.1, 0.15) is 4.32 Å². The van der Waals surface area contributed by atoms with Crippen LogP contribution < -0.4 is 0 Å². The quantitative estimate of drug-likeness (QED) is 0.744. The van der Waals surface area contributed by atoms with E-state index in [2.05, 4.69) is 4.90 Å². The van der Waals surface area contributed by atoms with Gasteiger partial charge in [-0.2, -0.15) is 0 Å². The van der Waals surface area contributed by atoms with Gasteiger partial charge < -0.3 is 9.80 Å². The lowest BCUT2D eigenvalue weighted by atomic mass is 10.2. The molecule has 2 fully saturated rings. The lowest BCUT2D eigenvalue weighted by Gasteiger charge is -2.23. The molecular formula is C13H22N2OS2. The van der Waals surface area contributed by atoms with Crippen LogP contribution in [0.5, 0.6) is 0 Å². The van der Waals surface area contributed by atoms with Crippen molar-refractivity contribution in [2.24, 2.45) is 0 Å². The van der Waals surface area contributed by atoms with Gasteiger partial charge in [0.25, 0.3) is 0 Å². The van der Waals surface area contributed by atoms with Gasteiger partial charge >= 0.3 is 0 Å². The molecule has 1 amide bonds. The Kier molecular flexibility index (Phi) is 5.76. The van der Waals surface area contributed by atoms with E-state index in [-0.39, 0.29) is 0 Å². The molecule has 0 saturated carbocycles. The van der Waals surface area contributed by atoms with E-state index >= 15 is 0 Å². The first-order valence-electron chi connectivity index (χ1n) is 6.97. The first-order valence-corrected chi connectivity index (χ1v) is 8.36. The Morgan fingerprint density at radius 2 is 1.83 bits per heavy atom. The van der Waals surface area contributed by atoms with Crippen molar-refractivity contribution in [2.75, 3.05) is 31.9 Å². The van der Waals surface area contributed by atoms with Gasteiger partial charge in [-0.15, -0.1) is 0 Å². The molecule has 2 saturated heterocycles. The van der Waals surface area contributed by atoms with Crippen LogP contribution in [0.15, 0.2) is 0 Å². The summed E-state index contributed by atoms with van der Waals surface area (Å²) in [4.78, 5) is 15.8. The highest BCUT2D eigenvalue weighted by Crippen LogP contribution is 2.17. The van der Waals surface area contributed by atoms with Crippen molar-refractivity contribution in [3.05, 3.63) is 0 Å². The first kappa shape index (κ1) is 14.1. The second-order valence-electron chi connectivity index (χ2n) is 5.00. The molecule has 2 aliphatic heterocycles. The van der Waals surface area contributed by atoms with Gasteiger partial charge in [0.05, 0.1) is 0 Å². The molecule has 18 heavy (non-hydrogen) atoms. The molecule has 5 heteroatoms. The minimum atomic E-state index is 0.316. The molecule has 0 aromatic carbocycles. The van der Waals surface area contributed by atoms with Gasteiger partial charge in [-0.1, -0.05) is 36.8 Å². The van der Waals surface area contributed by atoms with Crippen LogP contribution in [0.3, 0.4) is 0 Å². The largest absolute Gasteiger partial charge is 0.358 e. The number of hydrogen-bond acceptors (Lipinski definition) is 3. The Bertz CT molecular complexity index is 301. The molecule has 0 atom stereocenters. The summed E-state index contributed by atoms with van der Waals surface area (Å²) in [5, 5.41) is 0. The van der Waals surface area contributed by atoms with E-state index in [1.807, 2.05) is 4.90 Å². The predicted octanol–water partition coefficient (Wildman–Crippen LogP) is 2.50. The number of thioether (sulfide) groups is 1. The third-order valence-corrected chi connectivity index (χ3v) is 5.13. The van der Waals surface area contributed by atoms with Crippen LogP contribution in [0.25, 0.3) is 0 Å². The van der Waals surface area contributed by atoms with Crippen molar-refractivity contribution in [1.82, 2.24) is 9.80 Å². The van der Waals surface area contributed by atoms with E-state index in [0.29, 0.717) is 5.91 Å². The second kappa shape index (κ2) is 7.34. The van der Waals surface area contributed by atoms with Crippen LogP contribution in [0.4, 0.5) is 0 Å². The third kappa shape index (κ3) is 4.12. The number of carbonyl (C=O) groups excluding carboxylic acids is 1. The summed E-state index contributed by atoms with van der Waals surface area (Å²) < 4.78 is 1.03. The Balaban J connectivity index is 1.66. The maximum Gasteiger partial charge on any atom is 0.222 e. The smallest absolute Gasteiger partial charge is 0.222 e. The zero-order chi connectivity index (χ0) is 12.8. The highest BCUT2D eigenvalue weighted by Gasteiger charge is 2.20. The number of carbonyl (C=O) groups is 1. The maximum absolute atomic E-state index is 11.5. The number of amides is 1. The zero-order valence-corrected chi connectivity index (χ0v) is 12.5. The molecule has 0 unspecified atom stereocenters. The van der Waals surface area contributed by atoms with E-state index in [4.69, 9.17) is 12.2 Å². The number of rotatable bonds is 3. The lowest BCUT2D eigenvalue weighted by molar-refractivity contribution is -0.127. The topological polar surface area (TPSA) is 23.6 Å². The Labute approximate surface area is 119 Å². The molecule has 2 heterocycles. The molecule has 0 spiro atoms. The van der Waals surface area contributed by atoms with E-state index < -0.39 is 0 Å². The van der Waals surface area contributed by atoms with Crippen molar-refractivity contribution in [1.29, 1.82) is 0 Å². The lowest BCUT2D eigenvalue weighted by Crippen LogP contribution is -2.31. The molecule has 0 N–H and O–H groups in total. The van der Waals surface area contributed by atoms with Crippen LogP contribution in [-0.4, -0.2) is 52.0 Å². The van der Waals surface area contributed by atoms with Gasteiger partial charge in [-0.25, -0.2) is 0 Å². The van der Waals surface area contributed by atoms with Crippen LogP contribution >= 0.6 is 24.0 Å². The molecule has 0 bridgehead atoms. The molecule has 102 valence electrons. The van der Waals surface area contributed by atoms with Crippen LogP contribution in [0.2, 0.25) is 0 Å². The fraction of sp³-hybridized carbons (Fsp3) is 0.846. The summed E-state index contributed by atoms with van der Waals surface area (Å²) in [6, 6.07) is 0.